The van der Waals surface area contributed by atoms with Crippen molar-refractivity contribution in [3.8, 4) is 0 Å². The Morgan fingerprint density at radius 1 is 1.13 bits per heavy atom. The average molecular weight is 212 g/mol. The van der Waals surface area contributed by atoms with Crippen molar-refractivity contribution < 1.29 is 0 Å². The van der Waals surface area contributed by atoms with Crippen molar-refractivity contribution >= 4 is 0 Å². The molecule has 1 unspecified atom stereocenters. The van der Waals surface area contributed by atoms with Gasteiger partial charge >= 0.3 is 0 Å². The van der Waals surface area contributed by atoms with E-state index in [1.54, 1.807) is 0 Å². The lowest BCUT2D eigenvalue weighted by Gasteiger charge is -2.37. The van der Waals surface area contributed by atoms with Gasteiger partial charge < -0.3 is 4.90 Å². The molecular formula is C13H28N2. The number of likely N-dealkylation sites (tertiary alicyclic amines) is 1. The van der Waals surface area contributed by atoms with Crippen LogP contribution >= 0.6 is 0 Å². The van der Waals surface area contributed by atoms with Crippen LogP contribution in [-0.2, 0) is 0 Å². The van der Waals surface area contributed by atoms with Crippen molar-refractivity contribution in [1.29, 1.82) is 0 Å². The number of hydrogen-bond donors (Lipinski definition) is 0. The predicted molar refractivity (Wildman–Crippen MR) is 67.2 cm³/mol. The van der Waals surface area contributed by atoms with Gasteiger partial charge in [-0.05, 0) is 53.2 Å². The van der Waals surface area contributed by atoms with E-state index in [9.17, 15) is 0 Å². The molecule has 90 valence electrons. The van der Waals surface area contributed by atoms with E-state index in [-0.39, 0.29) is 0 Å². The van der Waals surface area contributed by atoms with Crippen LogP contribution in [0.25, 0.3) is 0 Å². The van der Waals surface area contributed by atoms with Crippen molar-refractivity contribution in [1.82, 2.24) is 9.80 Å². The van der Waals surface area contributed by atoms with Crippen molar-refractivity contribution in [2.24, 2.45) is 5.41 Å². The Morgan fingerprint density at radius 2 is 1.67 bits per heavy atom. The van der Waals surface area contributed by atoms with Crippen LogP contribution in [0.1, 0.15) is 40.5 Å². The Labute approximate surface area is 95.6 Å². The summed E-state index contributed by atoms with van der Waals surface area (Å²) in [6.45, 7) is 10.7. The van der Waals surface area contributed by atoms with Gasteiger partial charge in [-0.3, -0.25) is 4.90 Å². The molecule has 0 aliphatic carbocycles. The van der Waals surface area contributed by atoms with Gasteiger partial charge in [-0.1, -0.05) is 13.8 Å². The number of likely N-dealkylation sites (N-methyl/N-ethyl adjacent to an activating group) is 2. The first-order valence-corrected chi connectivity index (χ1v) is 6.02. The summed E-state index contributed by atoms with van der Waals surface area (Å²) < 4.78 is 0. The highest BCUT2D eigenvalue weighted by Gasteiger charge is 2.38. The van der Waals surface area contributed by atoms with Gasteiger partial charge in [-0.2, -0.15) is 0 Å². The molecular weight excluding hydrogens is 184 g/mol. The molecule has 1 rings (SSSR count). The van der Waals surface area contributed by atoms with Crippen LogP contribution in [0.3, 0.4) is 0 Å². The van der Waals surface area contributed by atoms with Crippen LogP contribution in [-0.4, -0.2) is 49.1 Å². The van der Waals surface area contributed by atoms with E-state index >= 15 is 0 Å². The molecule has 0 N–H and O–H groups in total. The standard InChI is InChI=1S/C13H28N2/c1-12(2)8-11(14(5)6)9-15(7)13(3,4)10-12/h11H,8-10H2,1-7H3. The van der Waals surface area contributed by atoms with Crippen molar-refractivity contribution in [2.45, 2.75) is 52.1 Å². The molecule has 1 atom stereocenters. The van der Waals surface area contributed by atoms with Crippen LogP contribution in [0.4, 0.5) is 0 Å². The smallest absolute Gasteiger partial charge is 0.0222 e. The summed E-state index contributed by atoms with van der Waals surface area (Å²) in [7, 11) is 6.66. The zero-order chi connectivity index (χ0) is 11.9. The second-order valence-electron chi connectivity index (χ2n) is 6.86. The maximum atomic E-state index is 2.52. The van der Waals surface area contributed by atoms with Crippen molar-refractivity contribution in [2.75, 3.05) is 27.7 Å². The summed E-state index contributed by atoms with van der Waals surface area (Å²) in [5, 5.41) is 0. The summed E-state index contributed by atoms with van der Waals surface area (Å²) in [5.74, 6) is 0. The normalized spacial score (nSPS) is 31.6. The molecule has 0 radical (unpaired) electrons. The first kappa shape index (κ1) is 13.0. The molecule has 1 fully saturated rings. The summed E-state index contributed by atoms with van der Waals surface area (Å²) in [5.41, 5.74) is 0.775. The average Bonchev–Trinajstić information content (AvgIpc) is 2.06. The zero-order valence-electron chi connectivity index (χ0n) is 11.6. The van der Waals surface area contributed by atoms with E-state index < -0.39 is 0 Å². The SMILES string of the molecule is CN(C)C1CN(C)C(C)(C)CC(C)(C)C1. The first-order valence-electron chi connectivity index (χ1n) is 6.02. The molecule has 0 aromatic rings. The van der Waals surface area contributed by atoms with Crippen LogP contribution < -0.4 is 0 Å². The van der Waals surface area contributed by atoms with E-state index in [4.69, 9.17) is 0 Å². The second-order valence-corrected chi connectivity index (χ2v) is 6.86. The molecule has 1 aliphatic rings. The Bertz CT molecular complexity index is 219. The molecule has 0 spiro atoms. The van der Waals surface area contributed by atoms with Crippen molar-refractivity contribution in [3.05, 3.63) is 0 Å². The third-order valence-corrected chi connectivity index (χ3v) is 3.95. The van der Waals surface area contributed by atoms with Gasteiger partial charge in [0.15, 0.2) is 0 Å². The predicted octanol–water partition coefficient (Wildman–Crippen LogP) is 2.45. The van der Waals surface area contributed by atoms with Crippen LogP contribution in [0.15, 0.2) is 0 Å². The first-order chi connectivity index (χ1) is 6.64. The highest BCUT2D eigenvalue weighted by molar-refractivity contribution is 4.94. The summed E-state index contributed by atoms with van der Waals surface area (Å²) in [6, 6.07) is 0.687. The van der Waals surface area contributed by atoms with Gasteiger partial charge in [0.2, 0.25) is 0 Å². The highest BCUT2D eigenvalue weighted by Crippen LogP contribution is 2.38. The lowest BCUT2D eigenvalue weighted by molar-refractivity contribution is 0.119. The minimum atomic E-state index is 0.328. The van der Waals surface area contributed by atoms with Gasteiger partial charge in [0.05, 0.1) is 0 Å². The van der Waals surface area contributed by atoms with Crippen LogP contribution in [0.5, 0.6) is 0 Å². The second kappa shape index (κ2) is 4.06. The minimum absolute atomic E-state index is 0.328. The monoisotopic (exact) mass is 212 g/mol. The molecule has 1 aliphatic heterocycles. The third-order valence-electron chi connectivity index (χ3n) is 3.95. The molecule has 2 nitrogen and oxygen atoms in total. The van der Waals surface area contributed by atoms with Crippen LogP contribution in [0.2, 0.25) is 0 Å². The largest absolute Gasteiger partial charge is 0.305 e. The lowest BCUT2D eigenvalue weighted by Crippen LogP contribution is -2.45. The maximum Gasteiger partial charge on any atom is 0.0222 e. The number of hydrogen-bond acceptors (Lipinski definition) is 2. The van der Waals surface area contributed by atoms with E-state index in [1.165, 1.54) is 19.4 Å². The van der Waals surface area contributed by atoms with Gasteiger partial charge in [-0.25, -0.2) is 0 Å². The Morgan fingerprint density at radius 3 is 2.13 bits per heavy atom. The van der Waals surface area contributed by atoms with Gasteiger partial charge in [0.1, 0.15) is 0 Å². The Hall–Kier alpha value is -0.0800. The van der Waals surface area contributed by atoms with Gasteiger partial charge in [-0.15, -0.1) is 0 Å². The number of rotatable bonds is 1. The summed E-state index contributed by atoms with van der Waals surface area (Å²) in [4.78, 5) is 4.89. The molecule has 2 heteroatoms. The molecule has 0 aromatic heterocycles. The fraction of sp³-hybridized carbons (Fsp3) is 1.00. The van der Waals surface area contributed by atoms with Gasteiger partial charge in [0.25, 0.3) is 0 Å². The van der Waals surface area contributed by atoms with E-state index in [0.717, 1.165) is 0 Å². The Kier molecular flexibility index (Phi) is 3.52. The minimum Gasteiger partial charge on any atom is -0.305 e. The van der Waals surface area contributed by atoms with Crippen LogP contribution in [0, 0.1) is 5.41 Å². The fourth-order valence-electron chi connectivity index (χ4n) is 2.99. The summed E-state index contributed by atoms with van der Waals surface area (Å²) >= 11 is 0. The molecule has 15 heavy (non-hydrogen) atoms. The molecule has 0 bridgehead atoms. The topological polar surface area (TPSA) is 6.48 Å². The van der Waals surface area contributed by atoms with Gasteiger partial charge in [0, 0.05) is 18.1 Å². The quantitative estimate of drug-likeness (QED) is 0.659. The zero-order valence-corrected chi connectivity index (χ0v) is 11.6. The summed E-state index contributed by atoms with van der Waals surface area (Å²) in [6.07, 6.45) is 2.58. The molecule has 1 saturated heterocycles. The highest BCUT2D eigenvalue weighted by atomic mass is 15.2. The maximum absolute atomic E-state index is 2.52. The molecule has 0 aromatic carbocycles. The number of nitrogens with zero attached hydrogens (tertiary/aromatic N) is 2. The lowest BCUT2D eigenvalue weighted by atomic mass is 9.77. The molecule has 0 amide bonds. The van der Waals surface area contributed by atoms with E-state index in [2.05, 4.69) is 58.6 Å². The molecule has 1 heterocycles. The van der Waals surface area contributed by atoms with E-state index in [1.807, 2.05) is 0 Å². The fourth-order valence-corrected chi connectivity index (χ4v) is 2.99. The van der Waals surface area contributed by atoms with Crippen molar-refractivity contribution in [3.63, 3.8) is 0 Å². The Balaban J connectivity index is 2.87. The molecule has 0 saturated carbocycles. The third kappa shape index (κ3) is 3.18. The van der Waals surface area contributed by atoms with E-state index in [0.29, 0.717) is 17.0 Å².